The van der Waals surface area contributed by atoms with Gasteiger partial charge in [0, 0.05) is 0 Å². The van der Waals surface area contributed by atoms with Gasteiger partial charge < -0.3 is 0 Å². The zero-order chi connectivity index (χ0) is 5.70. The molecule has 0 heterocycles. The first-order valence-electron chi connectivity index (χ1n) is 1.14. The standard InChI is InChI=1S/3CO.Fe/c3*1-2;. The molecule has 0 saturated heterocycles. The fraction of sp³-hybridized carbons (Fsp3) is 0. The normalized spacial score (nSPS) is 6.43. The molecule has 0 aromatic rings. The van der Waals surface area contributed by atoms with E-state index in [1.807, 2.05) is 0 Å². The Kier molecular flexibility index (Phi) is 3.08. The summed E-state index contributed by atoms with van der Waals surface area (Å²) in [5.41, 5.74) is 0. The molecule has 0 rings (SSSR count). The van der Waals surface area contributed by atoms with Gasteiger partial charge in [0.05, 0.1) is 0 Å². The van der Waals surface area contributed by atoms with Gasteiger partial charge in [-0.05, 0) is 0 Å². The van der Waals surface area contributed by atoms with Crippen LogP contribution >= 0.6 is 0 Å². The molecule has 0 aromatic heterocycles. The van der Waals surface area contributed by atoms with Gasteiger partial charge in [-0.15, -0.1) is 0 Å². The van der Waals surface area contributed by atoms with Crippen LogP contribution in [0.25, 0.3) is 0 Å². The molecule has 0 spiro atoms. The summed E-state index contributed by atoms with van der Waals surface area (Å²) in [7, 11) is 0. The van der Waals surface area contributed by atoms with Crippen LogP contribution in [-0.4, -0.2) is 14.4 Å². The van der Waals surface area contributed by atoms with E-state index in [2.05, 4.69) is 0 Å². The summed E-state index contributed by atoms with van der Waals surface area (Å²) < 4.78 is 0. The third-order valence-electron chi connectivity index (χ3n) is 0.217. The number of rotatable bonds is 0. The number of hydrogen-bond acceptors (Lipinski definition) is 3. The molecular formula is C3FeO3. The summed E-state index contributed by atoms with van der Waals surface area (Å²) in [5, 5.41) is 0. The van der Waals surface area contributed by atoms with Gasteiger partial charge in [-0.1, -0.05) is 0 Å². The molecule has 0 aromatic carbocycles. The maximum absolute atomic E-state index is 9.35. The summed E-state index contributed by atoms with van der Waals surface area (Å²) >= 11 is -2.12. The summed E-state index contributed by atoms with van der Waals surface area (Å²) in [6, 6.07) is 0. The second-order valence-electron chi connectivity index (χ2n) is 0.482. The Hall–Kier alpha value is -0.741. The number of carbonyl (C=O) groups excluding carboxylic acids is 3. The molecule has 0 fully saturated rings. The van der Waals surface area contributed by atoms with Crippen LogP contribution < -0.4 is 0 Å². The Bertz CT molecular complexity index is 209. The molecule has 3 nitrogen and oxygen atoms in total. The van der Waals surface area contributed by atoms with E-state index < -0.39 is 12.6 Å². The van der Waals surface area contributed by atoms with Crippen LogP contribution in [0.5, 0.6) is 0 Å². The quantitative estimate of drug-likeness (QED) is 0.397. The van der Waals surface area contributed by atoms with Crippen LogP contribution in [0.1, 0.15) is 0 Å². The molecule has 0 aliphatic carbocycles. The molecule has 4 heteroatoms. The molecule has 0 saturated carbocycles. The van der Waals surface area contributed by atoms with E-state index in [1.54, 1.807) is 0 Å². The van der Waals surface area contributed by atoms with E-state index >= 15 is 0 Å². The zero-order valence-electron chi connectivity index (χ0n) is 3.08. The van der Waals surface area contributed by atoms with Gasteiger partial charge in [-0.3, -0.25) is 0 Å². The van der Waals surface area contributed by atoms with Gasteiger partial charge in [0.1, 0.15) is 0 Å². The van der Waals surface area contributed by atoms with Crippen LogP contribution in [0, 0.1) is 0 Å². The molecule has 0 aliphatic heterocycles. The minimum atomic E-state index is -2.12. The van der Waals surface area contributed by atoms with Gasteiger partial charge >= 0.3 is 41.3 Å². The number of hydrogen-bond donors (Lipinski definition) is 0. The topological polar surface area (TPSA) is 51.2 Å². The van der Waals surface area contributed by atoms with E-state index in [0.717, 1.165) is 0 Å². The molecular weight excluding hydrogens is 140 g/mol. The van der Waals surface area contributed by atoms with Gasteiger partial charge in [0.25, 0.3) is 0 Å². The fourth-order valence-corrected chi connectivity index (χ4v) is 0.182. The van der Waals surface area contributed by atoms with Crippen molar-refractivity contribution in [2.24, 2.45) is 0 Å². The average molecular weight is 140 g/mol. The predicted octanol–water partition coefficient (Wildman–Crippen LogP) is -1.19. The van der Waals surface area contributed by atoms with Crippen molar-refractivity contribution < 1.29 is 27.0 Å². The van der Waals surface area contributed by atoms with Gasteiger partial charge in [0.2, 0.25) is 0 Å². The van der Waals surface area contributed by atoms with E-state index in [0.29, 0.717) is 0 Å². The van der Waals surface area contributed by atoms with Crippen LogP contribution in [0.15, 0.2) is 0 Å². The SMILES string of the molecule is O=[C]=[Fe](=[C]=O)=[C]=O. The van der Waals surface area contributed by atoms with E-state index in [4.69, 9.17) is 0 Å². The van der Waals surface area contributed by atoms with Crippen LogP contribution in [-0.2, 0) is 27.0 Å². The third-order valence-corrected chi connectivity index (χ3v) is 0.893. The maximum atomic E-state index is 9.35. The van der Waals surface area contributed by atoms with Crippen molar-refractivity contribution in [3.05, 3.63) is 0 Å². The molecule has 0 aliphatic rings. The molecule has 0 N–H and O–H groups in total. The molecule has 0 radical (unpaired) electrons. The monoisotopic (exact) mass is 140 g/mol. The second kappa shape index (κ2) is 3.45. The van der Waals surface area contributed by atoms with E-state index in [1.165, 1.54) is 14.4 Å². The molecule has 0 bridgehead atoms. The summed E-state index contributed by atoms with van der Waals surface area (Å²) in [4.78, 5) is 31.6. The Labute approximate surface area is 42.1 Å². The first-order valence-corrected chi connectivity index (χ1v) is 2.80. The van der Waals surface area contributed by atoms with Crippen molar-refractivity contribution in [1.29, 1.82) is 0 Å². The Morgan fingerprint density at radius 1 is 0.857 bits per heavy atom. The van der Waals surface area contributed by atoms with Crippen LogP contribution in [0.3, 0.4) is 0 Å². The molecule has 0 atom stereocenters. The van der Waals surface area contributed by atoms with Crippen molar-refractivity contribution in [3.8, 4) is 0 Å². The summed E-state index contributed by atoms with van der Waals surface area (Å²) in [5.74, 6) is 0. The average Bonchev–Trinajstić information content (AvgIpc) is 1.72. The molecule has 0 amide bonds. The molecule has 38 valence electrons. The molecule has 0 unspecified atom stereocenters. The van der Waals surface area contributed by atoms with E-state index in [-0.39, 0.29) is 0 Å². The van der Waals surface area contributed by atoms with Gasteiger partial charge in [-0.2, -0.15) is 0 Å². The molecule has 7 heavy (non-hydrogen) atoms. The van der Waals surface area contributed by atoms with Crippen molar-refractivity contribution in [2.45, 2.75) is 0 Å². The Morgan fingerprint density at radius 3 is 1.14 bits per heavy atom. The Balaban J connectivity index is 5.98. The second-order valence-corrected chi connectivity index (χ2v) is 1.99. The van der Waals surface area contributed by atoms with Crippen LogP contribution in [0.2, 0.25) is 0 Å². The van der Waals surface area contributed by atoms with Crippen molar-refractivity contribution in [3.63, 3.8) is 0 Å². The fourth-order valence-electron chi connectivity index (χ4n) is 0.0442. The summed E-state index contributed by atoms with van der Waals surface area (Å²) in [6.45, 7) is 0. The first kappa shape index (κ1) is 6.26. The Morgan fingerprint density at radius 2 is 1.14 bits per heavy atom. The van der Waals surface area contributed by atoms with Crippen molar-refractivity contribution in [2.75, 3.05) is 0 Å². The van der Waals surface area contributed by atoms with Crippen LogP contribution in [0.4, 0.5) is 0 Å². The third kappa shape index (κ3) is 2.02. The van der Waals surface area contributed by atoms with E-state index in [9.17, 15) is 14.4 Å². The zero-order valence-corrected chi connectivity index (χ0v) is 4.18. The minimum absolute atomic E-state index is 1.19. The predicted molar refractivity (Wildman–Crippen MR) is 17.1 cm³/mol. The van der Waals surface area contributed by atoms with Crippen molar-refractivity contribution in [1.82, 2.24) is 0 Å². The van der Waals surface area contributed by atoms with Gasteiger partial charge in [-0.25, -0.2) is 0 Å². The van der Waals surface area contributed by atoms with Crippen molar-refractivity contribution >= 4 is 14.4 Å². The van der Waals surface area contributed by atoms with Gasteiger partial charge in [0.15, 0.2) is 0 Å². The summed E-state index contributed by atoms with van der Waals surface area (Å²) in [6.07, 6.45) is 0. The first-order chi connectivity index (χ1) is 3.35.